The van der Waals surface area contributed by atoms with Crippen molar-refractivity contribution in [1.29, 1.82) is 0 Å². The second kappa shape index (κ2) is 6.34. The Kier molecular flexibility index (Phi) is 4.47. The van der Waals surface area contributed by atoms with Crippen LogP contribution in [-0.2, 0) is 11.3 Å². The van der Waals surface area contributed by atoms with E-state index >= 15 is 0 Å². The van der Waals surface area contributed by atoms with E-state index in [0.29, 0.717) is 12.0 Å². The third kappa shape index (κ3) is 3.07. The molecule has 0 spiro atoms. The number of rotatable bonds is 6. The standard InChI is InChI=1S/C15H24N4OS/c1-11(2)16-8-13-14(17-15-19(13)6-7-21-15)18-5-4-12(9-18)10-20-3/h6-7,11-12,16H,4-5,8-10H2,1-3H3. The van der Waals surface area contributed by atoms with Crippen molar-refractivity contribution < 1.29 is 4.74 Å². The third-order valence-electron chi connectivity index (χ3n) is 4.01. The van der Waals surface area contributed by atoms with Crippen LogP contribution in [0.4, 0.5) is 5.82 Å². The molecular formula is C15H24N4OS. The SMILES string of the molecule is COCC1CCN(c2nc3sccn3c2CNC(C)C)C1. The first kappa shape index (κ1) is 14.8. The summed E-state index contributed by atoms with van der Waals surface area (Å²) in [6.45, 7) is 8.18. The molecule has 1 saturated heterocycles. The minimum atomic E-state index is 0.474. The van der Waals surface area contributed by atoms with Crippen LogP contribution in [0, 0.1) is 5.92 Å². The fourth-order valence-corrected chi connectivity index (χ4v) is 3.66. The number of hydrogen-bond donors (Lipinski definition) is 1. The first-order chi connectivity index (χ1) is 10.2. The summed E-state index contributed by atoms with van der Waals surface area (Å²) in [5.41, 5.74) is 1.28. The quantitative estimate of drug-likeness (QED) is 0.889. The van der Waals surface area contributed by atoms with E-state index in [4.69, 9.17) is 9.72 Å². The number of anilines is 1. The Morgan fingerprint density at radius 2 is 2.38 bits per heavy atom. The molecular weight excluding hydrogens is 284 g/mol. The molecule has 2 aromatic rings. The summed E-state index contributed by atoms with van der Waals surface area (Å²) in [6, 6.07) is 0.474. The molecule has 3 rings (SSSR count). The average molecular weight is 308 g/mol. The lowest BCUT2D eigenvalue weighted by atomic mass is 10.1. The zero-order valence-corrected chi connectivity index (χ0v) is 13.8. The van der Waals surface area contributed by atoms with Gasteiger partial charge in [-0.25, -0.2) is 4.98 Å². The number of methoxy groups -OCH3 is 1. The normalized spacial score (nSPS) is 19.2. The van der Waals surface area contributed by atoms with Gasteiger partial charge < -0.3 is 15.0 Å². The molecule has 1 aliphatic rings. The second-order valence-corrected chi connectivity index (χ2v) is 6.90. The van der Waals surface area contributed by atoms with Gasteiger partial charge in [0.25, 0.3) is 0 Å². The van der Waals surface area contributed by atoms with E-state index in [9.17, 15) is 0 Å². The topological polar surface area (TPSA) is 41.8 Å². The van der Waals surface area contributed by atoms with Crippen LogP contribution in [0.1, 0.15) is 26.0 Å². The van der Waals surface area contributed by atoms with Crippen LogP contribution in [-0.4, -0.2) is 42.2 Å². The Labute approximate surface area is 129 Å². The van der Waals surface area contributed by atoms with Crippen molar-refractivity contribution in [2.24, 2.45) is 5.92 Å². The van der Waals surface area contributed by atoms with E-state index in [0.717, 1.165) is 37.0 Å². The van der Waals surface area contributed by atoms with Crippen molar-refractivity contribution in [1.82, 2.24) is 14.7 Å². The summed E-state index contributed by atoms with van der Waals surface area (Å²) in [6.07, 6.45) is 3.31. The number of fused-ring (bicyclic) bond motifs is 1. The van der Waals surface area contributed by atoms with E-state index < -0.39 is 0 Å². The Balaban J connectivity index is 1.83. The first-order valence-corrected chi connectivity index (χ1v) is 8.48. The van der Waals surface area contributed by atoms with E-state index in [2.05, 4.69) is 40.0 Å². The number of imidazole rings is 1. The molecule has 1 fully saturated rings. The van der Waals surface area contributed by atoms with E-state index in [-0.39, 0.29) is 0 Å². The molecule has 0 aliphatic carbocycles. The Hall–Kier alpha value is -1.11. The zero-order chi connectivity index (χ0) is 14.8. The van der Waals surface area contributed by atoms with Crippen LogP contribution in [0.2, 0.25) is 0 Å². The molecule has 1 aliphatic heterocycles. The second-order valence-electron chi connectivity index (χ2n) is 6.03. The van der Waals surface area contributed by atoms with Crippen LogP contribution < -0.4 is 10.2 Å². The maximum absolute atomic E-state index is 5.30. The van der Waals surface area contributed by atoms with Gasteiger partial charge in [-0.2, -0.15) is 0 Å². The molecule has 5 nitrogen and oxygen atoms in total. The fourth-order valence-electron chi connectivity index (χ4n) is 2.94. The van der Waals surface area contributed by atoms with Gasteiger partial charge >= 0.3 is 0 Å². The molecule has 0 bridgehead atoms. The summed E-state index contributed by atoms with van der Waals surface area (Å²) >= 11 is 1.70. The van der Waals surface area contributed by atoms with E-state index in [1.165, 1.54) is 12.1 Å². The highest BCUT2D eigenvalue weighted by atomic mass is 32.1. The number of ether oxygens (including phenoxy) is 1. The molecule has 21 heavy (non-hydrogen) atoms. The Bertz CT molecular complexity index is 592. The van der Waals surface area contributed by atoms with Gasteiger partial charge in [0, 0.05) is 50.3 Å². The lowest BCUT2D eigenvalue weighted by Gasteiger charge is -2.18. The van der Waals surface area contributed by atoms with Crippen molar-refractivity contribution in [2.45, 2.75) is 32.9 Å². The fraction of sp³-hybridized carbons (Fsp3) is 0.667. The van der Waals surface area contributed by atoms with Gasteiger partial charge in [0.1, 0.15) is 0 Å². The van der Waals surface area contributed by atoms with Gasteiger partial charge in [0.2, 0.25) is 0 Å². The van der Waals surface area contributed by atoms with Crippen LogP contribution in [0.15, 0.2) is 11.6 Å². The van der Waals surface area contributed by atoms with Crippen LogP contribution in [0.25, 0.3) is 4.96 Å². The largest absolute Gasteiger partial charge is 0.384 e. The average Bonchev–Trinajstić information content (AvgIpc) is 3.11. The summed E-state index contributed by atoms with van der Waals surface area (Å²) in [5.74, 6) is 1.77. The van der Waals surface area contributed by atoms with Crippen LogP contribution in [0.5, 0.6) is 0 Å². The number of nitrogens with zero attached hydrogens (tertiary/aromatic N) is 3. The summed E-state index contributed by atoms with van der Waals surface area (Å²) < 4.78 is 7.52. The van der Waals surface area contributed by atoms with Crippen LogP contribution >= 0.6 is 11.3 Å². The predicted molar refractivity (Wildman–Crippen MR) is 87.2 cm³/mol. The van der Waals surface area contributed by atoms with Gasteiger partial charge in [-0.05, 0) is 6.42 Å². The highest BCUT2D eigenvalue weighted by Crippen LogP contribution is 2.29. The maximum atomic E-state index is 5.30. The van der Waals surface area contributed by atoms with Gasteiger partial charge in [-0.1, -0.05) is 13.8 Å². The summed E-state index contributed by atoms with van der Waals surface area (Å²) in [7, 11) is 1.78. The van der Waals surface area contributed by atoms with E-state index in [1.54, 1.807) is 18.4 Å². The van der Waals surface area contributed by atoms with Gasteiger partial charge in [0.15, 0.2) is 10.8 Å². The molecule has 0 saturated carbocycles. The lowest BCUT2D eigenvalue weighted by Crippen LogP contribution is -2.26. The maximum Gasteiger partial charge on any atom is 0.195 e. The molecule has 3 heterocycles. The highest BCUT2D eigenvalue weighted by Gasteiger charge is 2.27. The minimum Gasteiger partial charge on any atom is -0.384 e. The molecule has 116 valence electrons. The van der Waals surface area contributed by atoms with Gasteiger partial charge in [-0.15, -0.1) is 11.3 Å². The summed E-state index contributed by atoms with van der Waals surface area (Å²) in [4.78, 5) is 8.36. The van der Waals surface area contributed by atoms with Crippen molar-refractivity contribution in [3.63, 3.8) is 0 Å². The molecule has 6 heteroatoms. The smallest absolute Gasteiger partial charge is 0.195 e. The zero-order valence-electron chi connectivity index (χ0n) is 13.0. The molecule has 0 radical (unpaired) electrons. The van der Waals surface area contributed by atoms with Gasteiger partial charge in [0.05, 0.1) is 12.3 Å². The molecule has 0 aromatic carbocycles. The third-order valence-corrected chi connectivity index (χ3v) is 4.76. The summed E-state index contributed by atoms with van der Waals surface area (Å²) in [5, 5.41) is 5.62. The Morgan fingerprint density at radius 1 is 1.52 bits per heavy atom. The number of nitrogens with one attached hydrogen (secondary N) is 1. The number of aromatic nitrogens is 2. The molecule has 0 amide bonds. The molecule has 1 unspecified atom stereocenters. The minimum absolute atomic E-state index is 0.474. The van der Waals surface area contributed by atoms with Crippen molar-refractivity contribution >= 4 is 22.1 Å². The van der Waals surface area contributed by atoms with Crippen molar-refractivity contribution in [3.8, 4) is 0 Å². The molecule has 1 N–H and O–H groups in total. The van der Waals surface area contributed by atoms with E-state index in [1.807, 2.05) is 0 Å². The van der Waals surface area contributed by atoms with Crippen molar-refractivity contribution in [2.75, 3.05) is 31.7 Å². The number of thiazole rings is 1. The monoisotopic (exact) mass is 308 g/mol. The van der Waals surface area contributed by atoms with Crippen LogP contribution in [0.3, 0.4) is 0 Å². The predicted octanol–water partition coefficient (Wildman–Crippen LogP) is 2.37. The first-order valence-electron chi connectivity index (χ1n) is 7.60. The highest BCUT2D eigenvalue weighted by molar-refractivity contribution is 7.15. The molecule has 1 atom stereocenters. The molecule has 2 aromatic heterocycles. The lowest BCUT2D eigenvalue weighted by molar-refractivity contribution is 0.161. The number of hydrogen-bond acceptors (Lipinski definition) is 5. The van der Waals surface area contributed by atoms with Gasteiger partial charge in [-0.3, -0.25) is 4.40 Å². The van der Waals surface area contributed by atoms with Crippen molar-refractivity contribution in [3.05, 3.63) is 17.3 Å². The Morgan fingerprint density at radius 3 is 3.14 bits per heavy atom.